The Morgan fingerprint density at radius 1 is 1.23 bits per heavy atom. The Kier molecular flexibility index (Phi) is 3.25. The van der Waals surface area contributed by atoms with E-state index in [1.807, 2.05) is 21.6 Å². The van der Waals surface area contributed by atoms with Crippen LogP contribution in [-0.2, 0) is 11.3 Å². The molecule has 7 nitrogen and oxygen atoms in total. The topological polar surface area (TPSA) is 72.5 Å². The number of aromatic nitrogens is 4. The second-order valence-electron chi connectivity index (χ2n) is 7.28. The highest BCUT2D eigenvalue weighted by Gasteiger charge is 2.35. The van der Waals surface area contributed by atoms with Crippen molar-refractivity contribution in [2.24, 2.45) is 5.92 Å². The zero-order valence-corrected chi connectivity index (χ0v) is 14.5. The van der Waals surface area contributed by atoms with Crippen molar-refractivity contribution in [1.82, 2.24) is 24.1 Å². The van der Waals surface area contributed by atoms with Gasteiger partial charge < -0.3 is 9.47 Å². The van der Waals surface area contributed by atoms with Gasteiger partial charge in [0.05, 0.1) is 11.9 Å². The van der Waals surface area contributed by atoms with Gasteiger partial charge in [0, 0.05) is 56.0 Å². The summed E-state index contributed by atoms with van der Waals surface area (Å²) in [7, 11) is 0. The standard InChI is InChI=1S/C19H19N5O2/c1-12(25)22-9-13-5-15(11-22)16-6-14(7-19(26)23(16)10-13)17-8-20-18-3-2-4-21-24(17)18/h2-4,6-8,13,15H,5,9-11H2,1H3/t13-,15+/m0/s1. The fourth-order valence-corrected chi connectivity index (χ4v) is 4.39. The van der Waals surface area contributed by atoms with Crippen molar-refractivity contribution in [2.75, 3.05) is 13.1 Å². The molecule has 1 fully saturated rings. The lowest BCUT2D eigenvalue weighted by Gasteiger charge is -2.42. The van der Waals surface area contributed by atoms with Gasteiger partial charge in [-0.1, -0.05) is 0 Å². The smallest absolute Gasteiger partial charge is 0.251 e. The summed E-state index contributed by atoms with van der Waals surface area (Å²) in [5, 5.41) is 4.35. The van der Waals surface area contributed by atoms with Crippen molar-refractivity contribution in [3.05, 3.63) is 52.7 Å². The van der Waals surface area contributed by atoms with Crippen LogP contribution in [0, 0.1) is 5.92 Å². The van der Waals surface area contributed by atoms with Gasteiger partial charge in [0.2, 0.25) is 5.91 Å². The molecular weight excluding hydrogens is 330 g/mol. The van der Waals surface area contributed by atoms with Crippen molar-refractivity contribution < 1.29 is 4.79 Å². The van der Waals surface area contributed by atoms with Gasteiger partial charge in [0.25, 0.3) is 5.56 Å². The molecule has 132 valence electrons. The average Bonchev–Trinajstić information content (AvgIpc) is 3.06. The Hall–Kier alpha value is -2.96. The van der Waals surface area contributed by atoms with Gasteiger partial charge in [0.15, 0.2) is 5.65 Å². The monoisotopic (exact) mass is 349 g/mol. The maximum atomic E-state index is 12.8. The second-order valence-corrected chi connectivity index (χ2v) is 7.28. The molecule has 5 heterocycles. The molecule has 2 aliphatic rings. The van der Waals surface area contributed by atoms with Crippen LogP contribution in [0.1, 0.15) is 25.0 Å². The fourth-order valence-electron chi connectivity index (χ4n) is 4.39. The van der Waals surface area contributed by atoms with E-state index in [-0.39, 0.29) is 17.4 Å². The number of hydrogen-bond donors (Lipinski definition) is 0. The molecule has 26 heavy (non-hydrogen) atoms. The highest BCUT2D eigenvalue weighted by molar-refractivity contribution is 5.73. The zero-order valence-electron chi connectivity index (χ0n) is 14.5. The molecule has 0 unspecified atom stereocenters. The molecule has 0 aromatic carbocycles. The van der Waals surface area contributed by atoms with Crippen LogP contribution in [0.3, 0.4) is 0 Å². The Morgan fingerprint density at radius 3 is 2.96 bits per heavy atom. The number of hydrogen-bond acceptors (Lipinski definition) is 4. The first kappa shape index (κ1) is 15.3. The summed E-state index contributed by atoms with van der Waals surface area (Å²) in [6, 6.07) is 7.47. The first-order valence-corrected chi connectivity index (χ1v) is 8.89. The molecule has 2 bridgehead atoms. The Bertz CT molecular complexity index is 1080. The van der Waals surface area contributed by atoms with E-state index in [2.05, 4.69) is 16.1 Å². The van der Waals surface area contributed by atoms with Crippen molar-refractivity contribution in [3.63, 3.8) is 0 Å². The zero-order chi connectivity index (χ0) is 17.8. The van der Waals surface area contributed by atoms with Gasteiger partial charge >= 0.3 is 0 Å². The van der Waals surface area contributed by atoms with Crippen LogP contribution in [-0.4, -0.2) is 43.1 Å². The molecule has 0 saturated carbocycles. The number of nitrogens with zero attached hydrogens (tertiary/aromatic N) is 5. The minimum absolute atomic E-state index is 0.00866. The lowest BCUT2D eigenvalue weighted by Crippen LogP contribution is -2.48. The minimum Gasteiger partial charge on any atom is -0.342 e. The van der Waals surface area contributed by atoms with Gasteiger partial charge in [-0.3, -0.25) is 9.59 Å². The van der Waals surface area contributed by atoms with Crippen molar-refractivity contribution in [1.29, 1.82) is 0 Å². The van der Waals surface area contributed by atoms with E-state index in [4.69, 9.17) is 0 Å². The molecule has 1 amide bonds. The quantitative estimate of drug-likeness (QED) is 0.668. The number of fused-ring (bicyclic) bond motifs is 5. The lowest BCUT2D eigenvalue weighted by atomic mass is 9.82. The van der Waals surface area contributed by atoms with Gasteiger partial charge in [-0.2, -0.15) is 5.10 Å². The maximum Gasteiger partial charge on any atom is 0.251 e. The van der Waals surface area contributed by atoms with Gasteiger partial charge in [-0.05, 0) is 30.5 Å². The average molecular weight is 349 g/mol. The summed E-state index contributed by atoms with van der Waals surface area (Å²) in [6.07, 6.45) is 4.49. The Balaban J connectivity index is 1.64. The molecule has 3 aromatic rings. The van der Waals surface area contributed by atoms with Gasteiger partial charge in [0.1, 0.15) is 0 Å². The van der Waals surface area contributed by atoms with E-state index in [1.165, 1.54) is 0 Å². The van der Waals surface area contributed by atoms with E-state index in [1.54, 1.807) is 29.9 Å². The van der Waals surface area contributed by atoms with Crippen LogP contribution in [0.2, 0.25) is 0 Å². The summed E-state index contributed by atoms with van der Waals surface area (Å²) in [6.45, 7) is 3.73. The molecule has 3 aromatic heterocycles. The molecule has 2 atom stereocenters. The number of amides is 1. The molecule has 0 aliphatic carbocycles. The molecule has 7 heteroatoms. The van der Waals surface area contributed by atoms with E-state index in [0.29, 0.717) is 19.0 Å². The summed E-state index contributed by atoms with van der Waals surface area (Å²) in [5.41, 5.74) is 3.41. The van der Waals surface area contributed by atoms with Crippen LogP contribution in [0.25, 0.3) is 16.9 Å². The normalized spacial score (nSPS) is 21.7. The summed E-state index contributed by atoms with van der Waals surface area (Å²) in [4.78, 5) is 30.9. The molecular formula is C19H19N5O2. The van der Waals surface area contributed by atoms with Gasteiger partial charge in [-0.25, -0.2) is 9.50 Å². The van der Waals surface area contributed by atoms with Gasteiger partial charge in [-0.15, -0.1) is 0 Å². The number of likely N-dealkylation sites (tertiary alicyclic amines) is 1. The van der Waals surface area contributed by atoms with E-state index >= 15 is 0 Å². The number of carbonyl (C=O) groups is 1. The fraction of sp³-hybridized carbons (Fsp3) is 0.368. The number of imidazole rings is 1. The molecule has 1 saturated heterocycles. The van der Waals surface area contributed by atoms with Crippen LogP contribution >= 0.6 is 0 Å². The third-order valence-corrected chi connectivity index (χ3v) is 5.58. The van der Waals surface area contributed by atoms with Crippen LogP contribution in [0.4, 0.5) is 0 Å². The summed E-state index contributed by atoms with van der Waals surface area (Å²) < 4.78 is 3.64. The highest BCUT2D eigenvalue weighted by Crippen LogP contribution is 2.36. The van der Waals surface area contributed by atoms with Crippen molar-refractivity contribution >= 4 is 11.6 Å². The van der Waals surface area contributed by atoms with Crippen LogP contribution in [0.15, 0.2) is 41.5 Å². The third-order valence-electron chi connectivity index (χ3n) is 5.58. The molecule has 0 spiro atoms. The van der Waals surface area contributed by atoms with Crippen molar-refractivity contribution in [3.8, 4) is 11.3 Å². The van der Waals surface area contributed by atoms with E-state index < -0.39 is 0 Å². The van der Waals surface area contributed by atoms with E-state index in [0.717, 1.165) is 35.6 Å². The highest BCUT2D eigenvalue weighted by atomic mass is 16.2. The first-order chi connectivity index (χ1) is 12.6. The number of piperidine rings is 1. The predicted octanol–water partition coefficient (Wildman–Crippen LogP) is 1.52. The van der Waals surface area contributed by atoms with Crippen molar-refractivity contribution in [2.45, 2.75) is 25.8 Å². The predicted molar refractivity (Wildman–Crippen MR) is 95.8 cm³/mol. The minimum atomic E-state index is 0.00866. The number of carbonyl (C=O) groups excluding carboxylic acids is 1. The number of pyridine rings is 1. The second kappa shape index (κ2) is 5.52. The first-order valence-electron chi connectivity index (χ1n) is 8.89. The molecule has 0 N–H and O–H groups in total. The lowest BCUT2D eigenvalue weighted by molar-refractivity contribution is -0.131. The number of rotatable bonds is 1. The van der Waals surface area contributed by atoms with E-state index in [9.17, 15) is 9.59 Å². The SMILES string of the molecule is CC(=O)N1C[C@@H]2C[C@H](C1)c1cc(-c3cnc4cccnn34)cc(=O)n1C2. The Labute approximate surface area is 149 Å². The van der Waals surface area contributed by atoms with Crippen LogP contribution in [0.5, 0.6) is 0 Å². The maximum absolute atomic E-state index is 12.8. The largest absolute Gasteiger partial charge is 0.342 e. The third kappa shape index (κ3) is 2.27. The van der Waals surface area contributed by atoms with Crippen LogP contribution < -0.4 is 5.56 Å². The molecule has 0 radical (unpaired) electrons. The molecule has 5 rings (SSSR count). The summed E-state index contributed by atoms with van der Waals surface area (Å²) in [5.74, 6) is 0.662. The summed E-state index contributed by atoms with van der Waals surface area (Å²) >= 11 is 0. The molecule has 2 aliphatic heterocycles. The Morgan fingerprint density at radius 2 is 2.12 bits per heavy atom.